The van der Waals surface area contributed by atoms with E-state index >= 15 is 4.39 Å². The number of rotatable bonds is 5. The van der Waals surface area contributed by atoms with Crippen LogP contribution in [0.15, 0.2) is 23.7 Å². The number of halogens is 5. The zero-order valence-electron chi connectivity index (χ0n) is 23.9. The molecule has 0 bridgehead atoms. The molecular weight excluding hydrogens is 594 g/mol. The first-order chi connectivity index (χ1) is 20.6. The molecule has 0 amide bonds. The van der Waals surface area contributed by atoms with Gasteiger partial charge in [-0.3, -0.25) is 4.90 Å². The van der Waals surface area contributed by atoms with Crippen molar-refractivity contribution in [3.05, 3.63) is 40.4 Å². The minimum Gasteiger partial charge on any atom is -0.483 e. The van der Waals surface area contributed by atoms with Gasteiger partial charge in [-0.2, -0.15) is 23.1 Å². The maximum absolute atomic E-state index is 15.1. The summed E-state index contributed by atoms with van der Waals surface area (Å²) in [6.45, 7) is 4.95. The molecule has 0 saturated carbocycles. The number of aromatic nitrogens is 3. The number of methoxy groups -OCH3 is 1. The van der Waals surface area contributed by atoms with E-state index in [0.29, 0.717) is 43.1 Å². The van der Waals surface area contributed by atoms with Crippen LogP contribution in [0.5, 0.6) is 6.01 Å². The maximum atomic E-state index is 15.1. The molecule has 4 aliphatic rings. The Morgan fingerprint density at radius 3 is 2.58 bits per heavy atom. The highest BCUT2D eigenvalue weighted by molar-refractivity contribution is 6.30. The summed E-state index contributed by atoms with van der Waals surface area (Å²) in [5.41, 5.74) is 9.72. The number of aryl methyl sites for hydroxylation is 1. The Morgan fingerprint density at radius 2 is 1.91 bits per heavy atom. The Hall–Kier alpha value is -3.10. The number of nitrogens with zero attached hydrogens (tertiary/aromatic N) is 5. The minimum absolute atomic E-state index is 0.0744. The molecule has 43 heavy (non-hydrogen) atoms. The Morgan fingerprint density at radius 1 is 1.16 bits per heavy atom. The van der Waals surface area contributed by atoms with Crippen molar-refractivity contribution in [1.29, 1.82) is 0 Å². The van der Waals surface area contributed by atoms with E-state index in [-0.39, 0.29) is 34.1 Å². The minimum atomic E-state index is -4.50. The van der Waals surface area contributed by atoms with Gasteiger partial charge in [0.1, 0.15) is 17.9 Å². The molecule has 4 aliphatic heterocycles. The first kappa shape index (κ1) is 31.3. The zero-order chi connectivity index (χ0) is 30.8. The fourth-order valence-electron chi connectivity index (χ4n) is 6.37. The number of ether oxygens (including phenoxy) is 3. The number of hydrogen-bond donors (Lipinski definition) is 2. The van der Waals surface area contributed by atoms with Crippen LogP contribution in [0, 0.1) is 5.82 Å². The van der Waals surface area contributed by atoms with E-state index in [1.54, 1.807) is 0 Å². The van der Waals surface area contributed by atoms with Crippen LogP contribution in [0.25, 0.3) is 10.9 Å². The molecule has 1 unspecified atom stereocenters. The van der Waals surface area contributed by atoms with Crippen LogP contribution in [0.1, 0.15) is 44.2 Å². The summed E-state index contributed by atoms with van der Waals surface area (Å²) in [7, 11) is 1.16. The van der Waals surface area contributed by atoms with Gasteiger partial charge in [-0.25, -0.2) is 9.37 Å². The van der Waals surface area contributed by atoms with Gasteiger partial charge in [-0.1, -0.05) is 11.6 Å². The molecule has 3 fully saturated rings. The summed E-state index contributed by atoms with van der Waals surface area (Å²) in [5.74, 6) is -0.234. The van der Waals surface area contributed by atoms with E-state index in [1.165, 1.54) is 12.8 Å². The van der Waals surface area contributed by atoms with Crippen molar-refractivity contribution < 1.29 is 31.8 Å². The Balaban J connectivity index is 0.000000263. The van der Waals surface area contributed by atoms with Crippen LogP contribution < -0.4 is 21.1 Å². The zero-order valence-corrected chi connectivity index (χ0v) is 24.7. The number of pyridine rings is 1. The number of fused-ring (bicyclic) bond motifs is 3. The molecule has 0 spiro atoms. The highest BCUT2D eigenvalue weighted by atomic mass is 35.5. The largest absolute Gasteiger partial charge is 0.483 e. The standard InChI is InChI=1S/C22H27ClFN5O2.C6H9F3N2O/c23-19-17(24)18-16-15(25-19)5-4-14-12-30-11-3-10-29(14)20(16)27-21(26-18)31-13-22-6-1-8-28(22)9-2-7-22;1-12-5(11)2-4(3-10)6(7,8)9/h14H,1-13H2;2-3H,10-11H2,1H3/b;4-3+,5-2+. The molecule has 6 rings (SSSR count). The number of nitrogens with two attached hydrogens (primary N) is 2. The first-order valence-corrected chi connectivity index (χ1v) is 14.7. The lowest BCUT2D eigenvalue weighted by atomic mass is 9.95. The van der Waals surface area contributed by atoms with Crippen molar-refractivity contribution in [2.24, 2.45) is 11.5 Å². The molecule has 10 nitrogen and oxygen atoms in total. The van der Waals surface area contributed by atoms with E-state index in [1.807, 2.05) is 0 Å². The van der Waals surface area contributed by atoms with Crippen molar-refractivity contribution in [3.8, 4) is 6.01 Å². The van der Waals surface area contributed by atoms with Gasteiger partial charge in [0.05, 0.1) is 42.0 Å². The monoisotopic (exact) mass is 629 g/mol. The lowest BCUT2D eigenvalue weighted by Gasteiger charge is -2.32. The maximum Gasteiger partial charge on any atom is 0.417 e. The van der Waals surface area contributed by atoms with E-state index in [0.717, 1.165) is 64.7 Å². The molecule has 2 aromatic rings. The van der Waals surface area contributed by atoms with Gasteiger partial charge in [-0.15, -0.1) is 0 Å². The lowest BCUT2D eigenvalue weighted by molar-refractivity contribution is -0.0886. The van der Waals surface area contributed by atoms with Gasteiger partial charge in [0, 0.05) is 25.4 Å². The summed E-state index contributed by atoms with van der Waals surface area (Å²) >= 11 is 6.15. The quantitative estimate of drug-likeness (QED) is 0.215. The number of anilines is 1. The second kappa shape index (κ2) is 12.9. The number of allylic oxidation sites excluding steroid dienone is 2. The fraction of sp³-hybridized carbons (Fsp3) is 0.607. The van der Waals surface area contributed by atoms with E-state index in [4.69, 9.17) is 37.5 Å². The average Bonchev–Trinajstić information content (AvgIpc) is 3.42. The van der Waals surface area contributed by atoms with Gasteiger partial charge in [0.15, 0.2) is 16.9 Å². The van der Waals surface area contributed by atoms with Gasteiger partial charge < -0.3 is 30.6 Å². The van der Waals surface area contributed by atoms with E-state index in [2.05, 4.69) is 24.5 Å². The fourth-order valence-corrected chi connectivity index (χ4v) is 6.57. The Labute approximate surface area is 252 Å². The van der Waals surface area contributed by atoms with Crippen LogP contribution in [-0.4, -0.2) is 84.2 Å². The molecule has 0 aliphatic carbocycles. The smallest absolute Gasteiger partial charge is 0.417 e. The highest BCUT2D eigenvalue weighted by Crippen LogP contribution is 2.40. The van der Waals surface area contributed by atoms with Crippen molar-refractivity contribution in [3.63, 3.8) is 0 Å². The van der Waals surface area contributed by atoms with Gasteiger partial charge >= 0.3 is 12.2 Å². The molecule has 236 valence electrons. The van der Waals surface area contributed by atoms with Crippen molar-refractivity contribution >= 4 is 28.3 Å². The highest BCUT2D eigenvalue weighted by Gasteiger charge is 2.45. The predicted molar refractivity (Wildman–Crippen MR) is 153 cm³/mol. The third-order valence-corrected chi connectivity index (χ3v) is 8.78. The summed E-state index contributed by atoms with van der Waals surface area (Å²) in [4.78, 5) is 18.5. The van der Waals surface area contributed by atoms with Crippen molar-refractivity contribution in [2.75, 3.05) is 51.5 Å². The Bertz CT molecular complexity index is 1380. The molecule has 0 aromatic carbocycles. The molecule has 15 heteroatoms. The topological polar surface area (TPSA) is 125 Å². The van der Waals surface area contributed by atoms with Crippen LogP contribution in [0.3, 0.4) is 0 Å². The van der Waals surface area contributed by atoms with Gasteiger partial charge in [0.2, 0.25) is 0 Å². The average molecular weight is 630 g/mol. The van der Waals surface area contributed by atoms with Crippen LogP contribution in [-0.2, 0) is 15.9 Å². The molecule has 0 radical (unpaired) electrons. The van der Waals surface area contributed by atoms with Crippen LogP contribution in [0.2, 0.25) is 5.15 Å². The second-order valence-corrected chi connectivity index (χ2v) is 11.5. The van der Waals surface area contributed by atoms with Crippen LogP contribution in [0.4, 0.5) is 23.4 Å². The number of alkyl halides is 3. The molecule has 3 saturated heterocycles. The lowest BCUT2D eigenvalue weighted by Crippen LogP contribution is -2.43. The first-order valence-electron chi connectivity index (χ1n) is 14.3. The molecular formula is C28H36ClF4N7O3. The third-order valence-electron chi connectivity index (χ3n) is 8.53. The van der Waals surface area contributed by atoms with Crippen molar-refractivity contribution in [1.82, 2.24) is 19.9 Å². The van der Waals surface area contributed by atoms with E-state index in [9.17, 15) is 13.2 Å². The number of hydrogen-bond acceptors (Lipinski definition) is 10. The molecule has 4 N–H and O–H groups in total. The summed E-state index contributed by atoms with van der Waals surface area (Å²) in [5, 5.41) is 0.531. The normalized spacial score (nSPS) is 22.3. The van der Waals surface area contributed by atoms with Crippen molar-refractivity contribution in [2.45, 2.75) is 62.7 Å². The summed E-state index contributed by atoms with van der Waals surface area (Å²) in [6.07, 6.45) is 3.63. The predicted octanol–water partition coefficient (Wildman–Crippen LogP) is 4.20. The molecule has 6 heterocycles. The molecule has 1 atom stereocenters. The summed E-state index contributed by atoms with van der Waals surface area (Å²) in [6, 6.07) is 0.400. The summed E-state index contributed by atoms with van der Waals surface area (Å²) < 4.78 is 67.2. The Kier molecular flexibility index (Phi) is 9.37. The second-order valence-electron chi connectivity index (χ2n) is 11.1. The van der Waals surface area contributed by atoms with Gasteiger partial charge in [-0.05, 0) is 58.0 Å². The SMILES string of the molecule is CO/C(N)=C/C(=C\N)C(F)(F)F.Fc1c(Cl)nc2c3c(nc(OCC45CCCN4CCC5)nc13)N1CCCOCC1CC2. The van der Waals surface area contributed by atoms with E-state index < -0.39 is 17.6 Å². The van der Waals surface area contributed by atoms with Gasteiger partial charge in [0.25, 0.3) is 0 Å². The molecule has 2 aromatic heterocycles. The third kappa shape index (κ3) is 6.55. The van der Waals surface area contributed by atoms with Crippen LogP contribution >= 0.6 is 11.6 Å².